The molecule has 3 heterocycles. The standard InChI is InChI=1S/C19H25N5O/c1-14-2-4-15(5-3-14)17-12-18(22-21-17)19(25)24-9-6-16(13-24)23-10-7-20-8-11-23/h2-5,12,16,20H,6-11,13H2,1H3,(H,21,22). The molecular formula is C19H25N5O. The predicted octanol–water partition coefficient (Wildman–Crippen LogP) is 1.50. The van der Waals surface area contributed by atoms with Gasteiger partial charge in [-0.1, -0.05) is 29.8 Å². The molecule has 2 fully saturated rings. The molecule has 6 nitrogen and oxygen atoms in total. The lowest BCUT2D eigenvalue weighted by Crippen LogP contribution is -2.49. The van der Waals surface area contributed by atoms with Gasteiger partial charge in [0.25, 0.3) is 5.91 Å². The van der Waals surface area contributed by atoms with Crippen molar-refractivity contribution in [3.63, 3.8) is 0 Å². The highest BCUT2D eigenvalue weighted by molar-refractivity contribution is 5.93. The summed E-state index contributed by atoms with van der Waals surface area (Å²) in [5.41, 5.74) is 3.64. The lowest BCUT2D eigenvalue weighted by atomic mass is 10.1. The number of hydrogen-bond donors (Lipinski definition) is 2. The van der Waals surface area contributed by atoms with Gasteiger partial charge in [0, 0.05) is 50.9 Å². The Hall–Kier alpha value is -2.18. The van der Waals surface area contributed by atoms with E-state index in [9.17, 15) is 4.79 Å². The molecule has 2 aliphatic heterocycles. The van der Waals surface area contributed by atoms with Crippen LogP contribution in [0.1, 0.15) is 22.5 Å². The molecule has 0 bridgehead atoms. The molecule has 1 aromatic heterocycles. The Balaban J connectivity index is 1.42. The number of piperazine rings is 1. The molecule has 2 aromatic rings. The fraction of sp³-hybridized carbons (Fsp3) is 0.474. The van der Waals surface area contributed by atoms with Crippen LogP contribution < -0.4 is 5.32 Å². The summed E-state index contributed by atoms with van der Waals surface area (Å²) in [7, 11) is 0. The molecule has 1 unspecified atom stereocenters. The van der Waals surface area contributed by atoms with Gasteiger partial charge in [-0.2, -0.15) is 5.10 Å². The third-order valence-electron chi connectivity index (χ3n) is 5.27. The second-order valence-electron chi connectivity index (χ2n) is 7.01. The molecule has 2 N–H and O–H groups in total. The molecule has 1 atom stereocenters. The van der Waals surface area contributed by atoms with E-state index in [-0.39, 0.29) is 5.91 Å². The normalized spacial score (nSPS) is 21.6. The lowest BCUT2D eigenvalue weighted by molar-refractivity contribution is 0.0767. The summed E-state index contributed by atoms with van der Waals surface area (Å²) in [5, 5.41) is 10.6. The van der Waals surface area contributed by atoms with Crippen LogP contribution in [0.5, 0.6) is 0 Å². The fourth-order valence-corrected chi connectivity index (χ4v) is 3.75. The van der Waals surface area contributed by atoms with Gasteiger partial charge in [0.05, 0.1) is 5.69 Å². The number of aryl methyl sites for hydroxylation is 1. The summed E-state index contributed by atoms with van der Waals surface area (Å²) in [6.07, 6.45) is 1.06. The summed E-state index contributed by atoms with van der Waals surface area (Å²) in [6.45, 7) is 7.95. The highest BCUT2D eigenvalue weighted by Gasteiger charge is 2.31. The minimum atomic E-state index is 0.0588. The van der Waals surface area contributed by atoms with Crippen molar-refractivity contribution in [2.75, 3.05) is 39.3 Å². The zero-order valence-electron chi connectivity index (χ0n) is 14.7. The monoisotopic (exact) mass is 339 g/mol. The average molecular weight is 339 g/mol. The second-order valence-corrected chi connectivity index (χ2v) is 7.01. The van der Waals surface area contributed by atoms with Gasteiger partial charge in [-0.3, -0.25) is 14.8 Å². The molecule has 2 aliphatic rings. The molecule has 1 aromatic carbocycles. The van der Waals surface area contributed by atoms with Crippen LogP contribution in [0, 0.1) is 6.92 Å². The number of aromatic amines is 1. The van der Waals surface area contributed by atoms with Gasteiger partial charge in [-0.25, -0.2) is 0 Å². The van der Waals surface area contributed by atoms with Crippen LogP contribution in [0.2, 0.25) is 0 Å². The molecule has 0 radical (unpaired) electrons. The van der Waals surface area contributed by atoms with Crippen LogP contribution in [-0.2, 0) is 0 Å². The molecular weight excluding hydrogens is 314 g/mol. The molecule has 0 spiro atoms. The summed E-state index contributed by atoms with van der Waals surface area (Å²) in [6, 6.07) is 10.6. The number of carbonyl (C=O) groups is 1. The second kappa shape index (κ2) is 6.98. The number of aromatic nitrogens is 2. The van der Waals surface area contributed by atoms with Crippen molar-refractivity contribution < 1.29 is 4.79 Å². The van der Waals surface area contributed by atoms with Crippen molar-refractivity contribution in [1.29, 1.82) is 0 Å². The molecule has 0 saturated carbocycles. The SMILES string of the molecule is Cc1ccc(-c2cc(C(=O)N3CCC(N4CCNCC4)C3)[nH]n2)cc1. The van der Waals surface area contributed by atoms with E-state index in [2.05, 4.69) is 39.5 Å². The summed E-state index contributed by atoms with van der Waals surface area (Å²) in [4.78, 5) is 17.3. The Kier molecular flexibility index (Phi) is 4.55. The van der Waals surface area contributed by atoms with E-state index in [1.807, 2.05) is 23.1 Å². The largest absolute Gasteiger partial charge is 0.336 e. The van der Waals surface area contributed by atoms with E-state index >= 15 is 0 Å². The maximum absolute atomic E-state index is 12.8. The topological polar surface area (TPSA) is 64.3 Å². The first kappa shape index (κ1) is 16.3. The van der Waals surface area contributed by atoms with Crippen molar-refractivity contribution in [2.45, 2.75) is 19.4 Å². The molecule has 4 rings (SSSR count). The van der Waals surface area contributed by atoms with Crippen LogP contribution in [0.4, 0.5) is 0 Å². The van der Waals surface area contributed by atoms with Gasteiger partial charge >= 0.3 is 0 Å². The van der Waals surface area contributed by atoms with E-state index in [0.29, 0.717) is 11.7 Å². The minimum Gasteiger partial charge on any atom is -0.336 e. The predicted molar refractivity (Wildman–Crippen MR) is 97.5 cm³/mol. The number of likely N-dealkylation sites (tertiary alicyclic amines) is 1. The fourth-order valence-electron chi connectivity index (χ4n) is 3.75. The Labute approximate surface area is 148 Å². The smallest absolute Gasteiger partial charge is 0.271 e. The molecule has 25 heavy (non-hydrogen) atoms. The van der Waals surface area contributed by atoms with Gasteiger partial charge in [0.2, 0.25) is 0 Å². The van der Waals surface area contributed by atoms with E-state index in [1.165, 1.54) is 5.56 Å². The van der Waals surface area contributed by atoms with E-state index in [0.717, 1.165) is 56.9 Å². The lowest BCUT2D eigenvalue weighted by Gasteiger charge is -2.32. The van der Waals surface area contributed by atoms with Gasteiger partial charge in [0.1, 0.15) is 5.69 Å². The van der Waals surface area contributed by atoms with E-state index in [1.54, 1.807) is 0 Å². The van der Waals surface area contributed by atoms with Gasteiger partial charge < -0.3 is 10.2 Å². The number of nitrogens with one attached hydrogen (secondary N) is 2. The third-order valence-corrected chi connectivity index (χ3v) is 5.27. The zero-order valence-corrected chi connectivity index (χ0v) is 14.7. The van der Waals surface area contributed by atoms with Crippen LogP contribution >= 0.6 is 0 Å². The van der Waals surface area contributed by atoms with Gasteiger partial charge in [-0.15, -0.1) is 0 Å². The number of benzene rings is 1. The maximum Gasteiger partial charge on any atom is 0.271 e. The first-order chi connectivity index (χ1) is 12.2. The van der Waals surface area contributed by atoms with Crippen LogP contribution in [0.3, 0.4) is 0 Å². The number of carbonyl (C=O) groups excluding carboxylic acids is 1. The minimum absolute atomic E-state index is 0.0588. The Morgan fingerprint density at radius 1 is 1.16 bits per heavy atom. The van der Waals surface area contributed by atoms with Crippen molar-refractivity contribution in [3.8, 4) is 11.3 Å². The Morgan fingerprint density at radius 2 is 1.92 bits per heavy atom. The number of amides is 1. The number of nitrogens with zero attached hydrogens (tertiary/aromatic N) is 3. The Morgan fingerprint density at radius 3 is 2.68 bits per heavy atom. The van der Waals surface area contributed by atoms with Crippen LogP contribution in [-0.4, -0.2) is 71.2 Å². The van der Waals surface area contributed by atoms with Crippen molar-refractivity contribution in [1.82, 2.24) is 25.3 Å². The molecule has 2 saturated heterocycles. The zero-order chi connectivity index (χ0) is 17.2. The third kappa shape index (κ3) is 3.45. The van der Waals surface area contributed by atoms with Crippen molar-refractivity contribution >= 4 is 5.91 Å². The maximum atomic E-state index is 12.8. The summed E-state index contributed by atoms with van der Waals surface area (Å²) >= 11 is 0. The van der Waals surface area contributed by atoms with Gasteiger partial charge in [-0.05, 0) is 19.4 Å². The number of H-pyrrole nitrogens is 1. The first-order valence-corrected chi connectivity index (χ1v) is 9.07. The first-order valence-electron chi connectivity index (χ1n) is 9.07. The van der Waals surface area contributed by atoms with Crippen LogP contribution in [0.25, 0.3) is 11.3 Å². The summed E-state index contributed by atoms with van der Waals surface area (Å²) < 4.78 is 0. The highest BCUT2D eigenvalue weighted by atomic mass is 16.2. The number of hydrogen-bond acceptors (Lipinski definition) is 4. The van der Waals surface area contributed by atoms with Gasteiger partial charge in [0.15, 0.2) is 0 Å². The van der Waals surface area contributed by atoms with Crippen molar-refractivity contribution in [2.24, 2.45) is 0 Å². The highest BCUT2D eigenvalue weighted by Crippen LogP contribution is 2.21. The quantitative estimate of drug-likeness (QED) is 0.890. The van der Waals surface area contributed by atoms with Crippen LogP contribution in [0.15, 0.2) is 30.3 Å². The molecule has 1 amide bonds. The Bertz CT molecular complexity index is 733. The molecule has 132 valence electrons. The molecule has 0 aliphatic carbocycles. The summed E-state index contributed by atoms with van der Waals surface area (Å²) in [5.74, 6) is 0.0588. The number of rotatable bonds is 3. The molecule has 6 heteroatoms. The van der Waals surface area contributed by atoms with E-state index < -0.39 is 0 Å². The van der Waals surface area contributed by atoms with Crippen molar-refractivity contribution in [3.05, 3.63) is 41.6 Å². The van der Waals surface area contributed by atoms with E-state index in [4.69, 9.17) is 0 Å². The average Bonchev–Trinajstić information content (AvgIpc) is 3.33.